The molecule has 0 unspecified atom stereocenters. The number of anilines is 2. The highest BCUT2D eigenvalue weighted by molar-refractivity contribution is 7.10. The fourth-order valence-corrected chi connectivity index (χ4v) is 5.15. The third-order valence-corrected chi connectivity index (χ3v) is 6.72. The van der Waals surface area contributed by atoms with Crippen molar-refractivity contribution in [3.05, 3.63) is 57.4 Å². The van der Waals surface area contributed by atoms with Crippen molar-refractivity contribution in [1.82, 2.24) is 10.3 Å². The number of benzene rings is 1. The van der Waals surface area contributed by atoms with Gasteiger partial charge in [0.05, 0.1) is 6.04 Å². The molecule has 0 spiro atoms. The van der Waals surface area contributed by atoms with Crippen molar-refractivity contribution in [2.75, 3.05) is 23.8 Å². The Bertz CT molecular complexity index is 1150. The van der Waals surface area contributed by atoms with Crippen molar-refractivity contribution < 1.29 is 18.9 Å². The van der Waals surface area contributed by atoms with Crippen LogP contribution in [0.25, 0.3) is 0 Å². The van der Waals surface area contributed by atoms with Gasteiger partial charge in [0.25, 0.3) is 0 Å². The summed E-state index contributed by atoms with van der Waals surface area (Å²) < 4.78 is 16.3. The molecular formula is C21H18N4O4S. The van der Waals surface area contributed by atoms with Crippen LogP contribution < -0.4 is 20.1 Å². The molecule has 0 fully saturated rings. The molecule has 2 N–H and O–H groups in total. The van der Waals surface area contributed by atoms with E-state index in [2.05, 4.69) is 27.0 Å². The number of hydrogen-bond acceptors (Lipinski definition) is 9. The molecule has 0 saturated heterocycles. The Kier molecular flexibility index (Phi) is 4.02. The van der Waals surface area contributed by atoms with Gasteiger partial charge in [-0.3, -0.25) is 4.79 Å². The molecule has 3 aromatic rings. The van der Waals surface area contributed by atoms with Gasteiger partial charge in [0.2, 0.25) is 11.6 Å². The number of nitrogens with zero attached hydrogens (tertiary/aromatic N) is 2. The first-order chi connectivity index (χ1) is 14.8. The first kappa shape index (κ1) is 17.5. The first-order valence-corrected chi connectivity index (χ1v) is 10.7. The fraction of sp³-hybridized carbons (Fsp3) is 0.286. The predicted molar refractivity (Wildman–Crippen MR) is 110 cm³/mol. The van der Waals surface area contributed by atoms with E-state index in [1.807, 2.05) is 29.6 Å². The molecule has 2 aliphatic heterocycles. The van der Waals surface area contributed by atoms with Crippen molar-refractivity contribution in [3.8, 4) is 11.5 Å². The molecule has 0 saturated carbocycles. The molecule has 4 heterocycles. The lowest BCUT2D eigenvalue weighted by Crippen LogP contribution is -2.27. The van der Waals surface area contributed by atoms with Crippen LogP contribution in [0.2, 0.25) is 0 Å². The molecule has 1 aromatic carbocycles. The van der Waals surface area contributed by atoms with Gasteiger partial charge >= 0.3 is 0 Å². The van der Waals surface area contributed by atoms with E-state index in [-0.39, 0.29) is 11.7 Å². The number of carbonyl (C=O) groups is 1. The number of aromatic nitrogens is 2. The molecule has 6 rings (SSSR count). The van der Waals surface area contributed by atoms with E-state index in [0.29, 0.717) is 48.3 Å². The number of fused-ring (bicyclic) bond motifs is 2. The third-order valence-electron chi connectivity index (χ3n) is 5.68. The maximum absolute atomic E-state index is 13.4. The van der Waals surface area contributed by atoms with Crippen LogP contribution in [0, 0.1) is 0 Å². The second-order valence-electron chi connectivity index (χ2n) is 7.50. The largest absolute Gasteiger partial charge is 0.486 e. The van der Waals surface area contributed by atoms with Crippen molar-refractivity contribution in [2.24, 2.45) is 0 Å². The van der Waals surface area contributed by atoms with E-state index in [9.17, 15) is 4.79 Å². The van der Waals surface area contributed by atoms with Gasteiger partial charge in [-0.2, -0.15) is 0 Å². The summed E-state index contributed by atoms with van der Waals surface area (Å²) in [7, 11) is 0. The molecule has 8 nitrogen and oxygen atoms in total. The van der Waals surface area contributed by atoms with Crippen LogP contribution in [0.3, 0.4) is 0 Å². The van der Waals surface area contributed by atoms with E-state index in [1.165, 1.54) is 4.88 Å². The van der Waals surface area contributed by atoms with Crippen LogP contribution in [0.4, 0.5) is 11.6 Å². The second kappa shape index (κ2) is 6.88. The van der Waals surface area contributed by atoms with Gasteiger partial charge < -0.3 is 20.1 Å². The lowest BCUT2D eigenvalue weighted by Gasteiger charge is -2.29. The van der Waals surface area contributed by atoms with E-state index < -0.39 is 6.04 Å². The molecular weight excluding hydrogens is 404 g/mol. The second-order valence-corrected chi connectivity index (χ2v) is 8.48. The van der Waals surface area contributed by atoms with Crippen molar-refractivity contribution >= 4 is 28.8 Å². The molecule has 1 aliphatic carbocycles. The van der Waals surface area contributed by atoms with Crippen LogP contribution in [-0.2, 0) is 4.79 Å². The number of thiophene rings is 1. The van der Waals surface area contributed by atoms with Crippen molar-refractivity contribution in [2.45, 2.75) is 24.8 Å². The van der Waals surface area contributed by atoms with Gasteiger partial charge in [0, 0.05) is 28.5 Å². The van der Waals surface area contributed by atoms with E-state index >= 15 is 0 Å². The molecule has 0 radical (unpaired) electrons. The van der Waals surface area contributed by atoms with Gasteiger partial charge in [0.15, 0.2) is 17.3 Å². The number of carbonyl (C=O) groups excluding carboxylic acids is 1. The maximum atomic E-state index is 13.4. The highest BCUT2D eigenvalue weighted by Gasteiger charge is 2.38. The van der Waals surface area contributed by atoms with Gasteiger partial charge in [0.1, 0.15) is 13.2 Å². The molecule has 30 heavy (non-hydrogen) atoms. The third kappa shape index (κ3) is 2.85. The Labute approximate surface area is 175 Å². The first-order valence-electron chi connectivity index (χ1n) is 9.81. The highest BCUT2D eigenvalue weighted by atomic mass is 32.1. The van der Waals surface area contributed by atoms with E-state index in [4.69, 9.17) is 14.1 Å². The molecule has 9 heteroatoms. The van der Waals surface area contributed by atoms with Gasteiger partial charge in [-0.1, -0.05) is 12.1 Å². The Hall–Kier alpha value is -3.33. The normalized spacial score (nSPS) is 22.5. The summed E-state index contributed by atoms with van der Waals surface area (Å²) in [6, 6.07) is 9.47. The van der Waals surface area contributed by atoms with Crippen LogP contribution in [-0.4, -0.2) is 29.3 Å². The summed E-state index contributed by atoms with van der Waals surface area (Å²) in [4.78, 5) is 14.6. The highest BCUT2D eigenvalue weighted by Crippen LogP contribution is 2.45. The minimum atomic E-state index is -0.395. The number of ketones is 1. The minimum Gasteiger partial charge on any atom is -0.486 e. The van der Waals surface area contributed by atoms with Crippen LogP contribution in [0.15, 0.2) is 51.6 Å². The zero-order chi connectivity index (χ0) is 20.1. The summed E-state index contributed by atoms with van der Waals surface area (Å²) in [5.74, 6) is 2.61. The molecule has 2 aromatic heterocycles. The molecule has 2 atom stereocenters. The Morgan fingerprint density at radius 2 is 1.90 bits per heavy atom. The molecule has 0 bridgehead atoms. The summed E-state index contributed by atoms with van der Waals surface area (Å²) in [5.41, 5.74) is 2.46. The van der Waals surface area contributed by atoms with Crippen LogP contribution in [0.5, 0.6) is 11.5 Å². The van der Waals surface area contributed by atoms with Crippen LogP contribution in [0.1, 0.15) is 35.2 Å². The Morgan fingerprint density at radius 1 is 1.03 bits per heavy atom. The zero-order valence-corrected chi connectivity index (χ0v) is 16.7. The van der Waals surface area contributed by atoms with Gasteiger partial charge in [-0.25, -0.2) is 4.63 Å². The number of hydrogen-bond donors (Lipinski definition) is 2. The SMILES string of the molecule is O=C1C[C@@H](c2cccs2)CC2=C1[C@@H](c1ccc3c(c1)OCCO3)Nc1nonc1N2. The Balaban J connectivity index is 1.45. The fourth-order valence-electron chi connectivity index (χ4n) is 4.32. The van der Waals surface area contributed by atoms with Gasteiger partial charge in [-0.15, -0.1) is 11.3 Å². The Morgan fingerprint density at radius 3 is 2.77 bits per heavy atom. The van der Waals surface area contributed by atoms with Gasteiger partial charge in [-0.05, 0) is 45.9 Å². The smallest absolute Gasteiger partial charge is 0.219 e. The number of allylic oxidation sites excluding steroid dienone is 1. The van der Waals surface area contributed by atoms with Crippen molar-refractivity contribution in [1.29, 1.82) is 0 Å². The number of ether oxygens (including phenoxy) is 2. The topological polar surface area (TPSA) is 98.5 Å². The molecule has 152 valence electrons. The average molecular weight is 422 g/mol. The lowest BCUT2D eigenvalue weighted by molar-refractivity contribution is -0.116. The average Bonchev–Trinajstić information content (AvgIpc) is 3.42. The summed E-state index contributed by atoms with van der Waals surface area (Å²) >= 11 is 1.68. The molecule has 3 aliphatic rings. The lowest BCUT2D eigenvalue weighted by atomic mass is 9.81. The van der Waals surface area contributed by atoms with E-state index in [1.54, 1.807) is 11.3 Å². The summed E-state index contributed by atoms with van der Waals surface area (Å²) in [6.45, 7) is 1.03. The van der Waals surface area contributed by atoms with E-state index in [0.717, 1.165) is 17.7 Å². The number of Topliss-reactive ketones (excluding diaryl/α,β-unsaturated/α-hetero) is 1. The summed E-state index contributed by atoms with van der Waals surface area (Å²) in [6.07, 6.45) is 1.19. The van der Waals surface area contributed by atoms with Crippen LogP contribution >= 0.6 is 11.3 Å². The number of rotatable bonds is 2. The zero-order valence-electron chi connectivity index (χ0n) is 15.9. The molecule has 0 amide bonds. The number of nitrogens with one attached hydrogen (secondary N) is 2. The predicted octanol–water partition coefficient (Wildman–Crippen LogP) is 3.88. The minimum absolute atomic E-state index is 0.108. The summed E-state index contributed by atoms with van der Waals surface area (Å²) in [5, 5.41) is 16.6. The quantitative estimate of drug-likeness (QED) is 0.642. The van der Waals surface area contributed by atoms with Crippen molar-refractivity contribution in [3.63, 3.8) is 0 Å². The standard InChI is InChI=1S/C21H18N4O4S/c26-14-9-12(17-2-1-7-30-17)8-13-18(14)19(23-21-20(22-13)24-29-25-21)11-3-4-15-16(10-11)28-6-5-27-15/h1-4,7,10,12,19H,5-6,8-9H2,(H,22,24)(H,23,25)/t12-,19+/m0/s1. The monoisotopic (exact) mass is 422 g/mol. The maximum Gasteiger partial charge on any atom is 0.219 e.